The van der Waals surface area contributed by atoms with Crippen LogP contribution in [0.2, 0.25) is 0 Å². The molecule has 3 nitrogen and oxygen atoms in total. The molecule has 5 aromatic rings. The minimum Gasteiger partial charge on any atom is -1.00 e. The van der Waals surface area contributed by atoms with Crippen LogP contribution in [0.4, 0.5) is 26.3 Å². The van der Waals surface area contributed by atoms with Crippen LogP contribution in [0.3, 0.4) is 0 Å². The number of methoxy groups -OCH3 is 2. The van der Waals surface area contributed by atoms with Gasteiger partial charge >= 0.3 is 12.4 Å². The number of hydrogen-bond acceptors (Lipinski definition) is 3. The molecule has 0 aliphatic heterocycles. The van der Waals surface area contributed by atoms with E-state index in [4.69, 9.17) is 9.47 Å². The van der Waals surface area contributed by atoms with E-state index >= 15 is 0 Å². The second-order valence-electron chi connectivity index (χ2n) is 10.7. The van der Waals surface area contributed by atoms with Crippen molar-refractivity contribution in [3.05, 3.63) is 151 Å². The Morgan fingerprint density at radius 3 is 1.53 bits per heavy atom. The second kappa shape index (κ2) is 18.0. The van der Waals surface area contributed by atoms with E-state index in [0.29, 0.717) is 28.7 Å². The molecular formula is C38H35ClF6NO2P. The molecule has 0 radical (unpaired) electrons. The van der Waals surface area contributed by atoms with E-state index in [1.807, 2.05) is 0 Å². The summed E-state index contributed by atoms with van der Waals surface area (Å²) >= 11 is 0. The lowest BCUT2D eigenvalue weighted by Crippen LogP contribution is -3.00. The summed E-state index contributed by atoms with van der Waals surface area (Å²) in [6.07, 6.45) is -6.67. The normalized spacial score (nSPS) is 12.0. The van der Waals surface area contributed by atoms with Gasteiger partial charge in [0.1, 0.15) is 23.2 Å². The van der Waals surface area contributed by atoms with Crippen molar-refractivity contribution < 1.29 is 48.2 Å². The summed E-state index contributed by atoms with van der Waals surface area (Å²) in [5, 5.41) is 4.07. The zero-order valence-electron chi connectivity index (χ0n) is 26.8. The van der Waals surface area contributed by atoms with Crippen LogP contribution in [0.25, 0.3) is 16.8 Å². The molecular weight excluding hydrogens is 683 g/mol. The summed E-state index contributed by atoms with van der Waals surface area (Å²) in [5.74, 6) is 0. The molecule has 0 spiro atoms. The number of hydrogen-bond donors (Lipinski definition) is 0. The minimum absolute atomic E-state index is 0. The highest BCUT2D eigenvalue weighted by Crippen LogP contribution is 2.55. The second-order valence-corrected chi connectivity index (χ2v) is 14.2. The SMILES string of the molecule is CO/C=C(/CCC(F)(F)F)c1ccc(-c2ccc(C(F)(F)F)cc2)nc1.COC[P+](c1ccccc1)(c1ccccc1)c1ccccc1.[Cl-]. The van der Waals surface area contributed by atoms with E-state index in [1.54, 1.807) is 13.2 Å². The smallest absolute Gasteiger partial charge is 0.416 e. The number of benzene rings is 4. The van der Waals surface area contributed by atoms with Crippen molar-refractivity contribution in [2.24, 2.45) is 0 Å². The molecule has 49 heavy (non-hydrogen) atoms. The van der Waals surface area contributed by atoms with Gasteiger partial charge in [-0.15, -0.1) is 0 Å². The maximum absolute atomic E-state index is 12.6. The average Bonchev–Trinajstić information content (AvgIpc) is 3.10. The van der Waals surface area contributed by atoms with Crippen LogP contribution >= 0.6 is 7.26 Å². The minimum atomic E-state index is -4.42. The number of ether oxygens (including phenoxy) is 2. The van der Waals surface area contributed by atoms with Crippen molar-refractivity contribution >= 4 is 28.7 Å². The number of halogens is 7. The van der Waals surface area contributed by atoms with Gasteiger partial charge < -0.3 is 21.9 Å². The fourth-order valence-corrected chi connectivity index (χ4v) is 8.96. The Bertz CT molecular complexity index is 1620. The van der Waals surface area contributed by atoms with Crippen molar-refractivity contribution in [1.29, 1.82) is 0 Å². The fourth-order valence-electron chi connectivity index (χ4n) is 5.19. The van der Waals surface area contributed by atoms with Gasteiger partial charge in [0, 0.05) is 25.3 Å². The van der Waals surface area contributed by atoms with Crippen molar-refractivity contribution in [3.63, 3.8) is 0 Å². The highest BCUT2D eigenvalue weighted by atomic mass is 35.5. The number of alkyl halides is 6. The molecule has 0 saturated carbocycles. The molecule has 0 N–H and O–H groups in total. The average molecular weight is 718 g/mol. The Morgan fingerprint density at radius 1 is 0.673 bits per heavy atom. The summed E-state index contributed by atoms with van der Waals surface area (Å²) in [4.78, 5) is 4.13. The van der Waals surface area contributed by atoms with E-state index in [0.717, 1.165) is 12.1 Å². The van der Waals surface area contributed by atoms with E-state index in [9.17, 15) is 26.3 Å². The summed E-state index contributed by atoms with van der Waals surface area (Å²) < 4.78 is 85.5. The van der Waals surface area contributed by atoms with Gasteiger partial charge in [-0.25, -0.2) is 0 Å². The predicted molar refractivity (Wildman–Crippen MR) is 182 cm³/mol. The molecule has 1 heterocycles. The largest absolute Gasteiger partial charge is 1.00 e. The third-order valence-corrected chi connectivity index (χ3v) is 11.7. The van der Waals surface area contributed by atoms with E-state index < -0.39 is 31.6 Å². The van der Waals surface area contributed by atoms with Gasteiger partial charge in [0.2, 0.25) is 0 Å². The molecule has 5 rings (SSSR count). The van der Waals surface area contributed by atoms with Crippen LogP contribution in [-0.4, -0.2) is 31.7 Å². The van der Waals surface area contributed by atoms with Gasteiger partial charge in [0.05, 0.1) is 24.6 Å². The highest BCUT2D eigenvalue weighted by Gasteiger charge is 2.45. The zero-order valence-corrected chi connectivity index (χ0v) is 28.4. The van der Waals surface area contributed by atoms with Crippen LogP contribution in [0.1, 0.15) is 24.0 Å². The fraction of sp³-hybridized carbons (Fsp3) is 0.184. The monoisotopic (exact) mass is 717 g/mol. The quantitative estimate of drug-likeness (QED) is 0.0918. The lowest BCUT2D eigenvalue weighted by atomic mass is 10.0. The number of aromatic nitrogens is 1. The summed E-state index contributed by atoms with van der Waals surface area (Å²) in [6.45, 7) is 0. The van der Waals surface area contributed by atoms with Crippen LogP contribution in [-0.2, 0) is 15.7 Å². The summed E-state index contributed by atoms with van der Waals surface area (Å²) in [7, 11) is 1.35. The molecule has 0 unspecified atom stereocenters. The van der Waals surface area contributed by atoms with Gasteiger partial charge in [-0.3, -0.25) is 4.98 Å². The highest BCUT2D eigenvalue weighted by molar-refractivity contribution is 7.95. The summed E-state index contributed by atoms with van der Waals surface area (Å²) in [6, 6.07) is 39.9. The third kappa shape index (κ3) is 10.7. The molecule has 4 aromatic carbocycles. The topological polar surface area (TPSA) is 31.4 Å². The number of nitrogens with zero attached hydrogens (tertiary/aromatic N) is 1. The Morgan fingerprint density at radius 2 is 1.16 bits per heavy atom. The van der Waals surface area contributed by atoms with E-state index in [1.165, 1.54) is 53.7 Å². The molecule has 0 fully saturated rings. The summed E-state index contributed by atoms with van der Waals surface area (Å²) in [5.41, 5.74) is 0.894. The Labute approximate surface area is 289 Å². The molecule has 0 saturated heterocycles. The van der Waals surface area contributed by atoms with Crippen molar-refractivity contribution in [1.82, 2.24) is 4.98 Å². The first-order valence-corrected chi connectivity index (χ1v) is 16.9. The molecule has 258 valence electrons. The van der Waals surface area contributed by atoms with Crippen molar-refractivity contribution in [3.8, 4) is 11.3 Å². The van der Waals surface area contributed by atoms with Gasteiger partial charge in [-0.05, 0) is 72.2 Å². The lowest BCUT2D eigenvalue weighted by Gasteiger charge is -2.26. The van der Waals surface area contributed by atoms with Crippen LogP contribution in [0.15, 0.2) is 140 Å². The maximum atomic E-state index is 12.6. The lowest BCUT2D eigenvalue weighted by molar-refractivity contribution is -0.137. The first-order valence-electron chi connectivity index (χ1n) is 14.9. The Balaban J connectivity index is 0.000000263. The Kier molecular flexibility index (Phi) is 14.4. The number of rotatable bonds is 10. The first kappa shape index (κ1) is 39.3. The van der Waals surface area contributed by atoms with E-state index in [2.05, 4.69) is 96.0 Å². The van der Waals surface area contributed by atoms with Gasteiger partial charge in [0.15, 0.2) is 6.35 Å². The van der Waals surface area contributed by atoms with E-state index in [-0.39, 0.29) is 18.8 Å². The van der Waals surface area contributed by atoms with Crippen LogP contribution in [0, 0.1) is 0 Å². The molecule has 0 bridgehead atoms. The molecule has 0 aliphatic carbocycles. The Hall–Kier alpha value is -4.17. The standard InChI is InChI=1S/C20H20OP.C18H15F6NO.ClH/c1-21-17-22(18-11-5-2-6-12-18,19-13-7-3-8-14-19)20-15-9-4-10-16-20;1-26-11-14(8-9-17(19,20)21)13-4-7-16(25-10-13)12-2-5-15(6-3-12)18(22,23)24;/h2-16H,17H2,1H3;2-7,10-11H,8-9H2,1H3;1H/q+1;;/p-1/b;14-11-;. The molecule has 1 aromatic heterocycles. The number of pyridine rings is 1. The molecule has 0 amide bonds. The van der Waals surface area contributed by atoms with Crippen molar-refractivity contribution in [2.75, 3.05) is 20.6 Å². The maximum Gasteiger partial charge on any atom is 0.416 e. The third-order valence-electron chi connectivity index (χ3n) is 7.49. The molecule has 11 heteroatoms. The van der Waals surface area contributed by atoms with Crippen LogP contribution < -0.4 is 28.3 Å². The van der Waals surface area contributed by atoms with Crippen molar-refractivity contribution in [2.45, 2.75) is 25.2 Å². The van der Waals surface area contributed by atoms with Gasteiger partial charge in [-0.1, -0.05) is 72.8 Å². The number of allylic oxidation sites excluding steroid dienone is 1. The van der Waals surface area contributed by atoms with Gasteiger partial charge in [0.25, 0.3) is 0 Å². The zero-order chi connectivity index (χ0) is 34.6. The van der Waals surface area contributed by atoms with Crippen LogP contribution in [0.5, 0.6) is 0 Å². The first-order chi connectivity index (χ1) is 23.0. The predicted octanol–water partition coefficient (Wildman–Crippen LogP) is 6.69. The van der Waals surface area contributed by atoms with Gasteiger partial charge in [-0.2, -0.15) is 26.3 Å². The molecule has 0 aliphatic rings. The molecule has 0 atom stereocenters.